The second-order valence-corrected chi connectivity index (χ2v) is 20.8. The summed E-state index contributed by atoms with van der Waals surface area (Å²) in [7, 11) is 0. The molecule has 0 saturated carbocycles. The minimum atomic E-state index is -1.06. The Bertz CT molecular complexity index is 2550. The molecule has 230 valence electrons. The molecular formula is C43H31IN3S+. The van der Waals surface area contributed by atoms with Crippen molar-refractivity contribution in [1.82, 2.24) is 4.57 Å². The zero-order chi connectivity index (χ0) is 31.1. The van der Waals surface area contributed by atoms with E-state index >= 15 is 0 Å². The van der Waals surface area contributed by atoms with E-state index in [2.05, 4.69) is 137 Å². The van der Waals surface area contributed by atoms with Crippen molar-refractivity contribution >= 4 is 74.6 Å². The van der Waals surface area contributed by atoms with Gasteiger partial charge in [0, 0.05) is 6.07 Å². The van der Waals surface area contributed by atoms with Crippen LogP contribution < -0.4 is 4.90 Å². The number of benzene rings is 4. The van der Waals surface area contributed by atoms with E-state index in [1.807, 2.05) is 14.9 Å². The summed E-state index contributed by atoms with van der Waals surface area (Å²) in [6, 6.07) is 39.6. The third kappa shape index (κ3) is 3.42. The molecule has 6 heterocycles. The molecule has 4 unspecified atom stereocenters. The number of rotatable bonds is 2. The number of thiophene rings is 1. The molecule has 0 bridgehead atoms. The van der Waals surface area contributed by atoms with Gasteiger partial charge in [0.05, 0.1) is 0 Å². The van der Waals surface area contributed by atoms with E-state index in [-0.39, 0.29) is 12.0 Å². The number of anilines is 2. The van der Waals surface area contributed by atoms with Gasteiger partial charge in [0.15, 0.2) is 0 Å². The van der Waals surface area contributed by atoms with Crippen LogP contribution in [0.5, 0.6) is 0 Å². The van der Waals surface area contributed by atoms with Crippen molar-refractivity contribution in [1.29, 1.82) is 0 Å². The Labute approximate surface area is 290 Å². The molecule has 0 N–H and O–H groups in total. The normalized spacial score (nSPS) is 25.9. The van der Waals surface area contributed by atoms with Gasteiger partial charge in [0.25, 0.3) is 0 Å². The fourth-order valence-electron chi connectivity index (χ4n) is 9.57. The van der Waals surface area contributed by atoms with Crippen LogP contribution in [0.4, 0.5) is 17.1 Å². The van der Waals surface area contributed by atoms with Crippen molar-refractivity contribution in [3.63, 3.8) is 0 Å². The number of aromatic nitrogens is 1. The molecule has 4 aliphatic heterocycles. The molecule has 0 amide bonds. The van der Waals surface area contributed by atoms with Gasteiger partial charge in [-0.15, -0.1) is 0 Å². The Morgan fingerprint density at radius 2 is 1.69 bits per heavy atom. The summed E-state index contributed by atoms with van der Waals surface area (Å²) < 4.78 is 8.25. The number of allylic oxidation sites excluding steroid dienone is 5. The van der Waals surface area contributed by atoms with E-state index in [9.17, 15) is 0 Å². The predicted molar refractivity (Wildman–Crippen MR) is 210 cm³/mol. The van der Waals surface area contributed by atoms with Crippen LogP contribution in [-0.4, -0.2) is 19.0 Å². The van der Waals surface area contributed by atoms with Gasteiger partial charge in [0.2, 0.25) is 0 Å². The molecule has 4 aromatic carbocycles. The molecule has 3 nitrogen and oxygen atoms in total. The third-order valence-electron chi connectivity index (χ3n) is 11.6. The van der Waals surface area contributed by atoms with E-state index < -0.39 is 19.8 Å². The van der Waals surface area contributed by atoms with Crippen LogP contribution in [0, 0.1) is 12.0 Å². The number of hydrogen-bond donors (Lipinski definition) is 0. The first-order valence-corrected chi connectivity index (χ1v) is 21.8. The average Bonchev–Trinajstić information content (AvgIpc) is 3.62. The monoisotopic (exact) mass is 748 g/mol. The van der Waals surface area contributed by atoms with Gasteiger partial charge in [-0.25, -0.2) is 0 Å². The number of fused-ring (bicyclic) bond motifs is 16. The van der Waals surface area contributed by atoms with Gasteiger partial charge in [0.1, 0.15) is 5.69 Å². The number of para-hydroxylation sites is 3. The topological polar surface area (TPSA) is 12.5 Å². The average molecular weight is 749 g/mol. The Kier molecular flexibility index (Phi) is 5.32. The first-order chi connectivity index (χ1) is 23.8. The Balaban J connectivity index is 1.02. The summed E-state index contributed by atoms with van der Waals surface area (Å²) in [5, 5.41) is 2.97. The van der Waals surface area contributed by atoms with Gasteiger partial charge in [-0.1, -0.05) is 24.3 Å². The van der Waals surface area contributed by atoms with Crippen molar-refractivity contribution < 1.29 is 0 Å². The molecule has 6 aromatic rings. The van der Waals surface area contributed by atoms with E-state index in [4.69, 9.17) is 4.85 Å². The number of halogens is 1. The minimum absolute atomic E-state index is 0.0352. The van der Waals surface area contributed by atoms with Crippen molar-refractivity contribution in [2.75, 3.05) is 9.33 Å². The van der Waals surface area contributed by atoms with E-state index in [1.54, 1.807) is 11.1 Å². The van der Waals surface area contributed by atoms with Crippen LogP contribution in [0.1, 0.15) is 47.1 Å². The second-order valence-electron chi connectivity index (χ2n) is 13.9. The molecule has 0 radical (unpaired) electrons. The van der Waals surface area contributed by atoms with Crippen LogP contribution in [0.3, 0.4) is 0 Å². The molecule has 1 fully saturated rings. The molecule has 0 spiro atoms. The van der Waals surface area contributed by atoms with Crippen LogP contribution >= 0.6 is 31.2 Å². The third-order valence-corrected chi connectivity index (χ3v) is 19.2. The zero-order valence-electron chi connectivity index (χ0n) is 26.2. The van der Waals surface area contributed by atoms with Crippen molar-refractivity contribution in [2.24, 2.45) is 5.92 Å². The van der Waals surface area contributed by atoms with Crippen LogP contribution in [0.15, 0.2) is 124 Å². The molecule has 6 aliphatic rings. The van der Waals surface area contributed by atoms with Crippen LogP contribution in [0.2, 0.25) is 0 Å². The first kappa shape index (κ1) is 26.6. The Morgan fingerprint density at radius 1 is 0.854 bits per heavy atom. The SMILES string of the molecule is C1#[N+]c2ccccc2N2c3ccccc3C(c3ccc(-n4c5c(c6c7ccccc7sc64)[C@@H]4C(C=C5)C5=C(C=CCC5)I5CC45)cc3)C12. The predicted octanol–water partition coefficient (Wildman–Crippen LogP) is 11.7. The van der Waals surface area contributed by atoms with E-state index in [1.165, 1.54) is 71.5 Å². The standard InChI is InChI=1S/C43H31IN3S/c1-4-12-31-27(9-1)28-21-22-36-42(40(28)32-23-44(31)32)41-30-11-3-8-16-38(30)48-43(41)46(36)26-19-17-25(18-20-26)39-29-10-2-6-14-34(29)47-35-15-7-5-13-33(35)45-24-37(39)47/h2-8,10-22,28,32,37,39-40H,1,9,23H2/q+1/t28?,32?,37?,39?,40-/m1/s1. The van der Waals surface area contributed by atoms with Gasteiger partial charge < -0.3 is 0 Å². The molecule has 1 saturated heterocycles. The number of nitrogens with zero attached hydrogens (tertiary/aromatic N) is 3. The van der Waals surface area contributed by atoms with Crippen LogP contribution in [0.25, 0.3) is 36.9 Å². The molecule has 48 heavy (non-hydrogen) atoms. The van der Waals surface area contributed by atoms with Gasteiger partial charge in [-0.05, 0) is 17.0 Å². The summed E-state index contributed by atoms with van der Waals surface area (Å²) in [5.74, 6) is 1.39. The van der Waals surface area contributed by atoms with Crippen molar-refractivity contribution in [3.05, 3.63) is 152 Å². The Hall–Kier alpha value is -4.38. The van der Waals surface area contributed by atoms with Crippen LogP contribution in [-0.2, 0) is 0 Å². The molecule has 2 aromatic heterocycles. The summed E-state index contributed by atoms with van der Waals surface area (Å²) >= 11 is 0.914. The summed E-state index contributed by atoms with van der Waals surface area (Å²) in [4.78, 5) is 8.67. The molecule has 5 heteroatoms. The summed E-state index contributed by atoms with van der Waals surface area (Å²) in [6.45, 7) is 0. The molecule has 5 atom stereocenters. The zero-order valence-corrected chi connectivity index (χ0v) is 29.2. The second kappa shape index (κ2) is 9.62. The fourth-order valence-corrected chi connectivity index (χ4v) is 18.5. The maximum atomic E-state index is 4.82. The van der Waals surface area contributed by atoms with E-state index in [0.29, 0.717) is 11.8 Å². The van der Waals surface area contributed by atoms with Gasteiger partial charge in [-0.3, -0.25) is 0 Å². The van der Waals surface area contributed by atoms with Gasteiger partial charge >= 0.3 is 239 Å². The van der Waals surface area contributed by atoms with Crippen molar-refractivity contribution in [2.45, 2.75) is 34.6 Å². The maximum absolute atomic E-state index is 4.82. The Morgan fingerprint density at radius 3 is 2.62 bits per heavy atom. The summed E-state index contributed by atoms with van der Waals surface area (Å²) in [5.41, 5.74) is 12.2. The molecule has 2 aliphatic carbocycles. The number of alkyl halides is 2. The van der Waals surface area contributed by atoms with Gasteiger partial charge in [-0.2, -0.15) is 0 Å². The first-order valence-electron chi connectivity index (χ1n) is 17.2. The van der Waals surface area contributed by atoms with E-state index in [0.717, 1.165) is 9.61 Å². The molecular weight excluding hydrogens is 717 g/mol. The van der Waals surface area contributed by atoms with Crippen molar-refractivity contribution in [3.8, 4) is 11.8 Å². The quantitative estimate of drug-likeness (QED) is 0.127. The summed E-state index contributed by atoms with van der Waals surface area (Å²) in [6.07, 6.45) is 12.6. The number of hydrogen-bond acceptors (Lipinski definition) is 2. The molecule has 12 rings (SSSR count). The fraction of sp³-hybridized carbons (Fsp3) is 0.186.